The topological polar surface area (TPSA) is 51.6 Å². The van der Waals surface area contributed by atoms with Gasteiger partial charge in [0, 0.05) is 67.2 Å². The molecular weight excluding hydrogens is 545 g/mol. The number of rotatable bonds is 5. The highest BCUT2D eigenvalue weighted by atomic mass is 32.1. The molecule has 0 aliphatic rings. The SMILES string of the molecule is c1cncc(-c2cc(-c3ccc(-c4ccc5sc6ccccc6c5c4)cc3)nc(-c3ccccc3-c3cccnc3)n2)c1. The molecular formula is C38H24N4S. The van der Waals surface area contributed by atoms with Gasteiger partial charge >= 0.3 is 0 Å². The van der Waals surface area contributed by atoms with Crippen molar-refractivity contribution in [1.82, 2.24) is 19.9 Å². The van der Waals surface area contributed by atoms with E-state index in [0.717, 1.165) is 39.2 Å². The third-order valence-corrected chi connectivity index (χ3v) is 8.87. The monoisotopic (exact) mass is 568 g/mol. The van der Waals surface area contributed by atoms with Crippen LogP contribution in [-0.2, 0) is 0 Å². The first kappa shape index (κ1) is 25.2. The van der Waals surface area contributed by atoms with Gasteiger partial charge in [-0.1, -0.05) is 78.9 Å². The van der Waals surface area contributed by atoms with Gasteiger partial charge in [0.25, 0.3) is 0 Å². The Morgan fingerprint density at radius 2 is 1.05 bits per heavy atom. The Morgan fingerprint density at radius 1 is 0.419 bits per heavy atom. The average molecular weight is 569 g/mol. The summed E-state index contributed by atoms with van der Waals surface area (Å²) < 4.78 is 2.63. The Kier molecular flexibility index (Phi) is 6.28. The van der Waals surface area contributed by atoms with Crippen molar-refractivity contribution in [2.24, 2.45) is 0 Å². The van der Waals surface area contributed by atoms with Crippen LogP contribution in [0.15, 0.2) is 146 Å². The van der Waals surface area contributed by atoms with Crippen LogP contribution in [0.3, 0.4) is 0 Å². The summed E-state index contributed by atoms with van der Waals surface area (Å²) in [5.41, 5.74) is 9.04. The molecule has 8 aromatic rings. The van der Waals surface area contributed by atoms with Crippen LogP contribution in [0, 0.1) is 0 Å². The van der Waals surface area contributed by atoms with Crippen molar-refractivity contribution in [1.29, 1.82) is 0 Å². The van der Waals surface area contributed by atoms with E-state index in [1.54, 1.807) is 12.4 Å². The van der Waals surface area contributed by atoms with Crippen molar-refractivity contribution in [3.05, 3.63) is 146 Å². The van der Waals surface area contributed by atoms with Gasteiger partial charge in [-0.25, -0.2) is 9.97 Å². The van der Waals surface area contributed by atoms with Gasteiger partial charge in [-0.05, 0) is 59.2 Å². The van der Waals surface area contributed by atoms with Crippen LogP contribution in [0.2, 0.25) is 0 Å². The van der Waals surface area contributed by atoms with Gasteiger partial charge in [-0.3, -0.25) is 9.97 Å². The summed E-state index contributed by atoms with van der Waals surface area (Å²) in [7, 11) is 0. The molecule has 4 heterocycles. The number of nitrogens with zero attached hydrogens (tertiary/aromatic N) is 4. The molecule has 43 heavy (non-hydrogen) atoms. The molecule has 0 radical (unpaired) electrons. The number of aromatic nitrogens is 4. The number of thiophene rings is 1. The molecule has 4 nitrogen and oxygen atoms in total. The minimum atomic E-state index is 0.662. The van der Waals surface area contributed by atoms with Crippen LogP contribution >= 0.6 is 11.3 Å². The minimum Gasteiger partial charge on any atom is -0.264 e. The highest BCUT2D eigenvalue weighted by molar-refractivity contribution is 7.25. The molecule has 0 amide bonds. The summed E-state index contributed by atoms with van der Waals surface area (Å²) in [6.45, 7) is 0. The number of hydrogen-bond donors (Lipinski definition) is 0. The average Bonchev–Trinajstić information content (AvgIpc) is 3.47. The summed E-state index contributed by atoms with van der Waals surface area (Å²) >= 11 is 1.84. The van der Waals surface area contributed by atoms with E-state index in [0.29, 0.717) is 5.82 Å². The van der Waals surface area contributed by atoms with Crippen LogP contribution in [0.25, 0.3) is 76.3 Å². The molecule has 0 atom stereocenters. The zero-order valence-corrected chi connectivity index (χ0v) is 23.9. The van der Waals surface area contributed by atoms with E-state index in [1.165, 1.54) is 31.3 Å². The van der Waals surface area contributed by atoms with Crippen molar-refractivity contribution in [3.8, 4) is 56.2 Å². The van der Waals surface area contributed by atoms with E-state index in [9.17, 15) is 0 Å². The molecule has 0 N–H and O–H groups in total. The maximum absolute atomic E-state index is 5.11. The number of hydrogen-bond acceptors (Lipinski definition) is 5. The van der Waals surface area contributed by atoms with Crippen molar-refractivity contribution in [2.75, 3.05) is 0 Å². The molecule has 8 rings (SSSR count). The maximum atomic E-state index is 5.11. The van der Waals surface area contributed by atoms with E-state index in [4.69, 9.17) is 9.97 Å². The van der Waals surface area contributed by atoms with Gasteiger partial charge < -0.3 is 0 Å². The molecule has 0 aliphatic carbocycles. The maximum Gasteiger partial charge on any atom is 0.161 e. The van der Waals surface area contributed by atoms with Crippen LogP contribution in [0.4, 0.5) is 0 Å². The molecule has 0 bridgehead atoms. The van der Waals surface area contributed by atoms with Gasteiger partial charge in [0.05, 0.1) is 11.4 Å². The Hall–Kier alpha value is -5.52. The zero-order valence-electron chi connectivity index (χ0n) is 23.1. The Labute approximate surface area is 253 Å². The van der Waals surface area contributed by atoms with Gasteiger partial charge in [0.15, 0.2) is 5.82 Å². The molecule has 0 spiro atoms. The lowest BCUT2D eigenvalue weighted by Gasteiger charge is -2.12. The summed E-state index contributed by atoms with van der Waals surface area (Å²) in [4.78, 5) is 18.8. The van der Waals surface area contributed by atoms with Gasteiger partial charge in [-0.2, -0.15) is 0 Å². The van der Waals surface area contributed by atoms with E-state index in [1.807, 2.05) is 60.1 Å². The number of pyridine rings is 2. The largest absolute Gasteiger partial charge is 0.264 e. The fourth-order valence-corrected chi connectivity index (χ4v) is 6.66. The van der Waals surface area contributed by atoms with E-state index < -0.39 is 0 Å². The summed E-state index contributed by atoms with van der Waals surface area (Å²) in [5, 5.41) is 2.61. The molecule has 0 saturated carbocycles. The second-order valence-electron chi connectivity index (χ2n) is 10.4. The standard InChI is InChI=1S/C38H24N4S/c1-2-11-32(30(9-1)28-7-5-19-39-23-28)38-41-34(22-35(42-38)29-8-6-20-40-24-29)26-15-13-25(14-16-26)27-17-18-37-33(21-27)31-10-3-4-12-36(31)43-37/h1-24H. The Balaban J connectivity index is 1.23. The first-order valence-electron chi connectivity index (χ1n) is 14.1. The molecule has 0 unspecified atom stereocenters. The molecule has 4 aromatic carbocycles. The van der Waals surface area contributed by atoms with Crippen LogP contribution in [0.5, 0.6) is 0 Å². The van der Waals surface area contributed by atoms with Crippen molar-refractivity contribution in [3.63, 3.8) is 0 Å². The van der Waals surface area contributed by atoms with Crippen molar-refractivity contribution >= 4 is 31.5 Å². The van der Waals surface area contributed by atoms with E-state index >= 15 is 0 Å². The first-order chi connectivity index (χ1) is 21.3. The predicted molar refractivity (Wildman–Crippen MR) is 178 cm³/mol. The molecule has 0 fully saturated rings. The van der Waals surface area contributed by atoms with E-state index in [-0.39, 0.29) is 0 Å². The van der Waals surface area contributed by atoms with Crippen LogP contribution in [-0.4, -0.2) is 19.9 Å². The van der Waals surface area contributed by atoms with Gasteiger partial charge in [0.2, 0.25) is 0 Å². The number of fused-ring (bicyclic) bond motifs is 3. The summed E-state index contributed by atoms with van der Waals surface area (Å²) in [6.07, 6.45) is 7.28. The number of benzene rings is 4. The lowest BCUT2D eigenvalue weighted by Crippen LogP contribution is -1.97. The second kappa shape index (κ2) is 10.7. The Bertz CT molecular complexity index is 2220. The zero-order chi connectivity index (χ0) is 28.6. The van der Waals surface area contributed by atoms with Crippen LogP contribution < -0.4 is 0 Å². The fourth-order valence-electron chi connectivity index (χ4n) is 5.57. The lowest BCUT2D eigenvalue weighted by atomic mass is 9.99. The van der Waals surface area contributed by atoms with E-state index in [2.05, 4.69) is 94.9 Å². The first-order valence-corrected chi connectivity index (χ1v) is 14.9. The van der Waals surface area contributed by atoms with Gasteiger partial charge in [-0.15, -0.1) is 11.3 Å². The highest BCUT2D eigenvalue weighted by Crippen LogP contribution is 2.37. The summed E-state index contributed by atoms with van der Waals surface area (Å²) in [5.74, 6) is 0.662. The second-order valence-corrected chi connectivity index (χ2v) is 11.5. The Morgan fingerprint density at radius 3 is 1.81 bits per heavy atom. The molecule has 202 valence electrons. The smallest absolute Gasteiger partial charge is 0.161 e. The van der Waals surface area contributed by atoms with Crippen molar-refractivity contribution < 1.29 is 0 Å². The fraction of sp³-hybridized carbons (Fsp3) is 0. The normalized spacial score (nSPS) is 11.3. The molecule has 0 aliphatic heterocycles. The van der Waals surface area contributed by atoms with Gasteiger partial charge in [0.1, 0.15) is 0 Å². The summed E-state index contributed by atoms with van der Waals surface area (Å²) in [6, 6.07) is 42.3. The van der Waals surface area contributed by atoms with Crippen molar-refractivity contribution in [2.45, 2.75) is 0 Å². The third kappa shape index (κ3) is 4.76. The minimum absolute atomic E-state index is 0.662. The molecule has 4 aromatic heterocycles. The molecule has 0 saturated heterocycles. The quantitative estimate of drug-likeness (QED) is 0.207. The lowest BCUT2D eigenvalue weighted by molar-refractivity contribution is 1.18. The third-order valence-electron chi connectivity index (χ3n) is 7.71. The predicted octanol–water partition coefficient (Wildman–Crippen LogP) is 9.97. The van der Waals surface area contributed by atoms with Crippen LogP contribution in [0.1, 0.15) is 0 Å². The molecule has 5 heteroatoms. The highest BCUT2D eigenvalue weighted by Gasteiger charge is 2.15.